The fraction of sp³-hybridized carbons (Fsp3) is 0.867. The molecule has 3 rings (SSSR count). The minimum atomic E-state index is 0.691. The number of hydrogen-bond acceptors (Lipinski definition) is 1. The Morgan fingerprint density at radius 1 is 1.25 bits per heavy atom. The molecule has 0 amide bonds. The first-order valence-corrected chi connectivity index (χ1v) is 6.99. The molecule has 1 heteroatoms. The van der Waals surface area contributed by atoms with Crippen molar-refractivity contribution in [3.63, 3.8) is 0 Å². The normalized spacial score (nSPS) is 44.8. The molecule has 0 aliphatic heterocycles. The first-order valence-electron chi connectivity index (χ1n) is 6.99. The van der Waals surface area contributed by atoms with Gasteiger partial charge in [0, 0.05) is 12.5 Å². The van der Waals surface area contributed by atoms with E-state index in [1.54, 1.807) is 6.42 Å². The van der Waals surface area contributed by atoms with E-state index in [9.17, 15) is 0 Å². The predicted molar refractivity (Wildman–Crippen MR) is 66.8 cm³/mol. The summed E-state index contributed by atoms with van der Waals surface area (Å²) in [5.74, 6) is 11.7. The van der Waals surface area contributed by atoms with Gasteiger partial charge in [-0.05, 0) is 62.3 Å². The molecular weight excluding hydrogens is 194 g/mol. The number of fused-ring (bicyclic) bond motifs is 5. The molecule has 5 unspecified atom stereocenters. The summed E-state index contributed by atoms with van der Waals surface area (Å²) in [7, 11) is 0. The summed E-state index contributed by atoms with van der Waals surface area (Å²) in [6.45, 7) is 5.28. The molecule has 3 aliphatic rings. The van der Waals surface area contributed by atoms with Gasteiger partial charge in [0.2, 0.25) is 0 Å². The number of rotatable bonds is 4. The molecule has 0 aromatic carbocycles. The summed E-state index contributed by atoms with van der Waals surface area (Å²) in [5, 5.41) is 3.67. The van der Waals surface area contributed by atoms with Crippen LogP contribution in [0.25, 0.3) is 0 Å². The van der Waals surface area contributed by atoms with Gasteiger partial charge in [0.1, 0.15) is 0 Å². The van der Waals surface area contributed by atoms with Gasteiger partial charge in [-0.15, -0.1) is 11.8 Å². The Kier molecular flexibility index (Phi) is 2.72. The van der Waals surface area contributed by atoms with Crippen molar-refractivity contribution in [3.05, 3.63) is 0 Å². The van der Waals surface area contributed by atoms with Crippen LogP contribution >= 0.6 is 0 Å². The van der Waals surface area contributed by atoms with Gasteiger partial charge in [-0.1, -0.05) is 6.92 Å². The van der Waals surface area contributed by atoms with E-state index in [1.807, 2.05) is 6.92 Å². The van der Waals surface area contributed by atoms with Crippen LogP contribution in [0.2, 0.25) is 0 Å². The third-order valence-electron chi connectivity index (χ3n) is 5.22. The van der Waals surface area contributed by atoms with Crippen LogP contribution in [0.1, 0.15) is 39.5 Å². The molecule has 16 heavy (non-hydrogen) atoms. The minimum Gasteiger partial charge on any atom is -0.313 e. The molecule has 0 saturated heterocycles. The van der Waals surface area contributed by atoms with Gasteiger partial charge in [0.15, 0.2) is 0 Å². The Morgan fingerprint density at radius 3 is 2.50 bits per heavy atom. The SMILES string of the molecule is CC#CCC(NCC)C1C2C3CCC(C3)C21. The van der Waals surface area contributed by atoms with Crippen molar-refractivity contribution in [1.29, 1.82) is 0 Å². The van der Waals surface area contributed by atoms with E-state index >= 15 is 0 Å². The fourth-order valence-corrected chi connectivity index (χ4v) is 4.75. The zero-order valence-electron chi connectivity index (χ0n) is 10.5. The maximum atomic E-state index is 3.67. The lowest BCUT2D eigenvalue weighted by molar-refractivity contribution is 0.371. The smallest absolute Gasteiger partial charge is 0.0246 e. The van der Waals surface area contributed by atoms with Gasteiger partial charge in [-0.2, -0.15) is 0 Å². The molecule has 0 radical (unpaired) electrons. The standard InChI is InChI=1S/C15H23N/c1-3-5-6-12(16-4-2)15-13-10-7-8-11(9-10)14(13)15/h10-16H,4,6-9H2,1-2H3. The third kappa shape index (κ3) is 1.51. The maximum Gasteiger partial charge on any atom is 0.0246 e. The van der Waals surface area contributed by atoms with Crippen molar-refractivity contribution in [3.8, 4) is 11.8 Å². The first kappa shape index (κ1) is 10.7. The minimum absolute atomic E-state index is 0.691. The maximum absolute atomic E-state index is 3.67. The average Bonchev–Trinajstić information content (AvgIpc) is 2.73. The average molecular weight is 217 g/mol. The topological polar surface area (TPSA) is 12.0 Å². The highest BCUT2D eigenvalue weighted by atomic mass is 14.9. The van der Waals surface area contributed by atoms with Crippen LogP contribution in [0.4, 0.5) is 0 Å². The Hall–Kier alpha value is -0.480. The second-order valence-electron chi connectivity index (χ2n) is 5.86. The molecule has 1 N–H and O–H groups in total. The zero-order chi connectivity index (χ0) is 11.1. The van der Waals surface area contributed by atoms with Crippen LogP contribution in [0, 0.1) is 41.4 Å². The summed E-state index contributed by atoms with van der Waals surface area (Å²) >= 11 is 0. The Labute approximate surface area is 99.4 Å². The van der Waals surface area contributed by atoms with Crippen molar-refractivity contribution in [2.45, 2.75) is 45.6 Å². The quantitative estimate of drug-likeness (QED) is 0.714. The molecule has 0 aromatic rings. The molecule has 2 bridgehead atoms. The molecule has 0 heterocycles. The van der Waals surface area contributed by atoms with Crippen LogP contribution in [-0.4, -0.2) is 12.6 Å². The summed E-state index contributed by atoms with van der Waals surface area (Å²) in [6, 6.07) is 0.691. The second-order valence-corrected chi connectivity index (χ2v) is 5.86. The monoisotopic (exact) mass is 217 g/mol. The molecule has 0 aromatic heterocycles. The molecule has 1 nitrogen and oxygen atoms in total. The van der Waals surface area contributed by atoms with Gasteiger partial charge >= 0.3 is 0 Å². The van der Waals surface area contributed by atoms with Crippen molar-refractivity contribution < 1.29 is 0 Å². The van der Waals surface area contributed by atoms with E-state index in [2.05, 4.69) is 24.1 Å². The largest absolute Gasteiger partial charge is 0.313 e. The van der Waals surface area contributed by atoms with Gasteiger partial charge in [-0.3, -0.25) is 0 Å². The van der Waals surface area contributed by atoms with Crippen LogP contribution in [0.3, 0.4) is 0 Å². The fourth-order valence-electron chi connectivity index (χ4n) is 4.75. The summed E-state index contributed by atoms with van der Waals surface area (Å²) in [5.41, 5.74) is 0. The Morgan fingerprint density at radius 2 is 1.94 bits per heavy atom. The van der Waals surface area contributed by atoms with Gasteiger partial charge < -0.3 is 5.32 Å². The predicted octanol–water partition coefficient (Wildman–Crippen LogP) is 2.67. The first-order chi connectivity index (χ1) is 7.86. The molecule has 88 valence electrons. The van der Waals surface area contributed by atoms with Crippen LogP contribution in [0.5, 0.6) is 0 Å². The number of nitrogens with one attached hydrogen (secondary N) is 1. The van der Waals surface area contributed by atoms with Gasteiger partial charge in [-0.25, -0.2) is 0 Å². The molecule has 3 saturated carbocycles. The Bertz CT molecular complexity index is 308. The van der Waals surface area contributed by atoms with E-state index in [0.29, 0.717) is 6.04 Å². The lowest BCUT2D eigenvalue weighted by Crippen LogP contribution is -2.32. The highest BCUT2D eigenvalue weighted by Gasteiger charge is 2.66. The molecule has 3 aliphatic carbocycles. The van der Waals surface area contributed by atoms with Crippen molar-refractivity contribution in [2.24, 2.45) is 29.6 Å². The lowest BCUT2D eigenvalue weighted by Gasteiger charge is -2.19. The van der Waals surface area contributed by atoms with E-state index in [4.69, 9.17) is 0 Å². The second kappa shape index (κ2) is 4.08. The van der Waals surface area contributed by atoms with E-state index < -0.39 is 0 Å². The Balaban J connectivity index is 1.65. The van der Waals surface area contributed by atoms with Gasteiger partial charge in [0.05, 0.1) is 0 Å². The van der Waals surface area contributed by atoms with Crippen LogP contribution in [-0.2, 0) is 0 Å². The van der Waals surface area contributed by atoms with Crippen molar-refractivity contribution in [1.82, 2.24) is 5.32 Å². The number of hydrogen-bond donors (Lipinski definition) is 1. The van der Waals surface area contributed by atoms with Crippen LogP contribution < -0.4 is 5.32 Å². The van der Waals surface area contributed by atoms with Gasteiger partial charge in [0.25, 0.3) is 0 Å². The van der Waals surface area contributed by atoms with Crippen molar-refractivity contribution in [2.75, 3.05) is 6.54 Å². The summed E-state index contributed by atoms with van der Waals surface area (Å²) < 4.78 is 0. The molecule has 5 atom stereocenters. The molecular formula is C15H23N. The third-order valence-corrected chi connectivity index (χ3v) is 5.22. The van der Waals surface area contributed by atoms with E-state index in [0.717, 1.165) is 42.6 Å². The summed E-state index contributed by atoms with van der Waals surface area (Å²) in [6.07, 6.45) is 5.69. The highest BCUT2D eigenvalue weighted by molar-refractivity contribution is 5.17. The van der Waals surface area contributed by atoms with Crippen LogP contribution in [0.15, 0.2) is 0 Å². The lowest BCUT2D eigenvalue weighted by atomic mass is 9.96. The molecule has 3 fully saturated rings. The molecule has 0 spiro atoms. The highest BCUT2D eigenvalue weighted by Crippen LogP contribution is 2.70. The van der Waals surface area contributed by atoms with E-state index in [1.165, 1.54) is 12.8 Å². The van der Waals surface area contributed by atoms with E-state index in [-0.39, 0.29) is 0 Å². The zero-order valence-corrected chi connectivity index (χ0v) is 10.5. The van der Waals surface area contributed by atoms with Crippen molar-refractivity contribution >= 4 is 0 Å². The summed E-state index contributed by atoms with van der Waals surface area (Å²) in [4.78, 5) is 0.